The van der Waals surface area contributed by atoms with Crippen LogP contribution in [-0.2, 0) is 11.3 Å². The third-order valence-electron chi connectivity index (χ3n) is 4.17. The Balaban J connectivity index is 1.51. The van der Waals surface area contributed by atoms with Crippen LogP contribution < -0.4 is 10.6 Å². The number of piperidine rings is 1. The highest BCUT2D eigenvalue weighted by atomic mass is 32.1. The van der Waals surface area contributed by atoms with Gasteiger partial charge in [0.1, 0.15) is 0 Å². The van der Waals surface area contributed by atoms with Gasteiger partial charge in [-0.3, -0.25) is 4.90 Å². The Labute approximate surface area is 143 Å². The zero-order chi connectivity index (χ0) is 16.3. The quantitative estimate of drug-likeness (QED) is 0.680. The molecule has 0 bridgehead atoms. The van der Waals surface area contributed by atoms with Crippen LogP contribution in [-0.4, -0.2) is 50.3 Å². The standard InChI is InChI=1S/C17H29N3O2S/c1-2-22-11-4-8-18-17(21)19-13-15-6-9-20(10-7-15)14-16-5-3-12-23-16/h3,5,12,15H,2,4,6-11,13-14H2,1H3,(H2,18,19,21). The number of rotatable bonds is 9. The highest BCUT2D eigenvalue weighted by molar-refractivity contribution is 7.09. The van der Waals surface area contributed by atoms with Crippen molar-refractivity contribution in [1.82, 2.24) is 15.5 Å². The molecule has 2 N–H and O–H groups in total. The number of nitrogens with zero attached hydrogens (tertiary/aromatic N) is 1. The van der Waals surface area contributed by atoms with Crippen molar-refractivity contribution in [2.45, 2.75) is 32.7 Å². The number of carbonyl (C=O) groups excluding carboxylic acids is 1. The summed E-state index contributed by atoms with van der Waals surface area (Å²) in [4.78, 5) is 15.7. The lowest BCUT2D eigenvalue weighted by molar-refractivity contribution is 0.145. The monoisotopic (exact) mass is 339 g/mol. The molecule has 23 heavy (non-hydrogen) atoms. The van der Waals surface area contributed by atoms with E-state index in [4.69, 9.17) is 4.74 Å². The summed E-state index contributed by atoms with van der Waals surface area (Å²) >= 11 is 1.83. The van der Waals surface area contributed by atoms with Gasteiger partial charge in [-0.05, 0) is 56.6 Å². The maximum Gasteiger partial charge on any atom is 0.314 e. The third kappa shape index (κ3) is 7.33. The summed E-state index contributed by atoms with van der Waals surface area (Å²) < 4.78 is 5.24. The second kappa shape index (κ2) is 10.6. The summed E-state index contributed by atoms with van der Waals surface area (Å²) in [6.45, 7) is 8.19. The normalized spacial score (nSPS) is 16.4. The molecule has 2 amide bonds. The first kappa shape index (κ1) is 18.2. The van der Waals surface area contributed by atoms with Crippen molar-refractivity contribution in [3.63, 3.8) is 0 Å². The fourth-order valence-corrected chi connectivity index (χ4v) is 3.54. The van der Waals surface area contributed by atoms with Crippen molar-refractivity contribution in [2.75, 3.05) is 39.4 Å². The van der Waals surface area contributed by atoms with Crippen molar-refractivity contribution in [2.24, 2.45) is 5.92 Å². The van der Waals surface area contributed by atoms with E-state index in [1.807, 2.05) is 18.3 Å². The molecule has 1 saturated heterocycles. The van der Waals surface area contributed by atoms with E-state index in [1.54, 1.807) is 0 Å². The molecule has 1 aliphatic heterocycles. The average Bonchev–Trinajstić information content (AvgIpc) is 3.07. The van der Waals surface area contributed by atoms with Crippen molar-refractivity contribution < 1.29 is 9.53 Å². The number of amides is 2. The molecule has 0 spiro atoms. The lowest BCUT2D eigenvalue weighted by Gasteiger charge is -2.31. The Morgan fingerprint density at radius 2 is 2.22 bits per heavy atom. The van der Waals surface area contributed by atoms with Gasteiger partial charge in [0.2, 0.25) is 0 Å². The minimum absolute atomic E-state index is 0.0532. The number of ether oxygens (including phenoxy) is 1. The van der Waals surface area contributed by atoms with E-state index in [1.165, 1.54) is 4.88 Å². The largest absolute Gasteiger partial charge is 0.382 e. The van der Waals surface area contributed by atoms with E-state index in [0.717, 1.165) is 52.0 Å². The Bertz CT molecular complexity index is 431. The van der Waals surface area contributed by atoms with E-state index in [0.29, 0.717) is 19.1 Å². The minimum Gasteiger partial charge on any atom is -0.382 e. The highest BCUT2D eigenvalue weighted by Gasteiger charge is 2.19. The first-order valence-corrected chi connectivity index (χ1v) is 9.50. The van der Waals surface area contributed by atoms with Crippen LogP contribution in [0.2, 0.25) is 0 Å². The predicted octanol–water partition coefficient (Wildman–Crippen LogP) is 2.69. The lowest BCUT2D eigenvalue weighted by atomic mass is 9.97. The van der Waals surface area contributed by atoms with E-state index < -0.39 is 0 Å². The summed E-state index contributed by atoms with van der Waals surface area (Å²) in [6, 6.07) is 4.26. The molecule has 0 radical (unpaired) electrons. The smallest absolute Gasteiger partial charge is 0.314 e. The molecule has 1 aromatic heterocycles. The van der Waals surface area contributed by atoms with E-state index in [9.17, 15) is 4.79 Å². The van der Waals surface area contributed by atoms with Gasteiger partial charge in [0.15, 0.2) is 0 Å². The van der Waals surface area contributed by atoms with Crippen molar-refractivity contribution in [3.8, 4) is 0 Å². The minimum atomic E-state index is -0.0532. The average molecular weight is 340 g/mol. The summed E-state index contributed by atoms with van der Waals surface area (Å²) in [6.07, 6.45) is 3.19. The van der Waals surface area contributed by atoms with E-state index >= 15 is 0 Å². The molecule has 1 fully saturated rings. The van der Waals surface area contributed by atoms with E-state index in [2.05, 4.69) is 33.0 Å². The van der Waals surface area contributed by atoms with E-state index in [-0.39, 0.29) is 6.03 Å². The van der Waals surface area contributed by atoms with Crippen molar-refractivity contribution in [1.29, 1.82) is 0 Å². The third-order valence-corrected chi connectivity index (χ3v) is 5.03. The molecular formula is C17H29N3O2S. The highest BCUT2D eigenvalue weighted by Crippen LogP contribution is 2.20. The second-order valence-corrected chi connectivity index (χ2v) is 7.02. The summed E-state index contributed by atoms with van der Waals surface area (Å²) in [7, 11) is 0. The Morgan fingerprint density at radius 1 is 1.39 bits per heavy atom. The molecule has 130 valence electrons. The fourth-order valence-electron chi connectivity index (χ4n) is 2.79. The molecule has 2 rings (SSSR count). The second-order valence-electron chi connectivity index (χ2n) is 5.99. The Hall–Kier alpha value is -1.11. The van der Waals surface area contributed by atoms with Crippen LogP contribution >= 0.6 is 11.3 Å². The molecular weight excluding hydrogens is 310 g/mol. The summed E-state index contributed by atoms with van der Waals surface area (Å²) in [5.41, 5.74) is 0. The first-order valence-electron chi connectivity index (χ1n) is 8.62. The molecule has 0 saturated carbocycles. The molecule has 0 atom stereocenters. The summed E-state index contributed by atoms with van der Waals surface area (Å²) in [5, 5.41) is 8.01. The van der Waals surface area contributed by atoms with Gasteiger partial charge in [0.25, 0.3) is 0 Å². The first-order chi connectivity index (χ1) is 11.3. The van der Waals surface area contributed by atoms with Gasteiger partial charge < -0.3 is 15.4 Å². The number of likely N-dealkylation sites (tertiary alicyclic amines) is 1. The van der Waals surface area contributed by atoms with Crippen LogP contribution in [0.15, 0.2) is 17.5 Å². The van der Waals surface area contributed by atoms with Crippen molar-refractivity contribution in [3.05, 3.63) is 22.4 Å². The zero-order valence-corrected chi connectivity index (χ0v) is 14.9. The topological polar surface area (TPSA) is 53.6 Å². The number of nitrogens with one attached hydrogen (secondary N) is 2. The number of hydrogen-bond donors (Lipinski definition) is 2. The van der Waals surface area contributed by atoms with Crippen LogP contribution in [0, 0.1) is 5.92 Å². The van der Waals surface area contributed by atoms with Gasteiger partial charge in [-0.1, -0.05) is 6.07 Å². The van der Waals surface area contributed by atoms with Gasteiger partial charge in [-0.15, -0.1) is 11.3 Å². The number of carbonyl (C=O) groups is 1. The predicted molar refractivity (Wildman–Crippen MR) is 94.8 cm³/mol. The molecule has 0 aliphatic carbocycles. The van der Waals surface area contributed by atoms with Crippen molar-refractivity contribution >= 4 is 17.4 Å². The maximum atomic E-state index is 11.7. The SMILES string of the molecule is CCOCCCNC(=O)NCC1CCN(Cc2cccs2)CC1. The van der Waals surface area contributed by atoms with Crippen LogP contribution in [0.5, 0.6) is 0 Å². The number of hydrogen-bond acceptors (Lipinski definition) is 4. The van der Waals surface area contributed by atoms with Crippen LogP contribution in [0.3, 0.4) is 0 Å². The van der Waals surface area contributed by atoms with Gasteiger partial charge in [-0.2, -0.15) is 0 Å². The maximum absolute atomic E-state index is 11.7. The molecule has 1 aromatic rings. The van der Waals surface area contributed by atoms with Gasteiger partial charge in [0, 0.05) is 37.7 Å². The van der Waals surface area contributed by atoms with Gasteiger partial charge in [-0.25, -0.2) is 4.79 Å². The van der Waals surface area contributed by atoms with Crippen LogP contribution in [0.1, 0.15) is 31.1 Å². The molecule has 0 unspecified atom stereocenters. The fraction of sp³-hybridized carbons (Fsp3) is 0.706. The number of thiophene rings is 1. The molecule has 5 nitrogen and oxygen atoms in total. The molecule has 6 heteroatoms. The van der Waals surface area contributed by atoms with Gasteiger partial charge in [0.05, 0.1) is 0 Å². The summed E-state index contributed by atoms with van der Waals surface area (Å²) in [5.74, 6) is 0.601. The Morgan fingerprint density at radius 3 is 2.91 bits per heavy atom. The Kier molecular flexibility index (Phi) is 8.42. The lowest BCUT2D eigenvalue weighted by Crippen LogP contribution is -2.42. The molecule has 1 aliphatic rings. The molecule has 2 heterocycles. The van der Waals surface area contributed by atoms with Crippen LogP contribution in [0.4, 0.5) is 4.79 Å². The van der Waals surface area contributed by atoms with Crippen LogP contribution in [0.25, 0.3) is 0 Å². The van der Waals surface area contributed by atoms with Gasteiger partial charge >= 0.3 is 6.03 Å². The zero-order valence-electron chi connectivity index (χ0n) is 14.1. The number of urea groups is 1. The molecule has 0 aromatic carbocycles.